The van der Waals surface area contributed by atoms with Crippen molar-refractivity contribution < 1.29 is 27.6 Å². The lowest BCUT2D eigenvalue weighted by Gasteiger charge is -2.36. The number of piperazine rings is 1. The molecule has 0 aromatic heterocycles. The third-order valence-corrected chi connectivity index (χ3v) is 13.9. The van der Waals surface area contributed by atoms with Gasteiger partial charge in [-0.05, 0) is 96.4 Å². The van der Waals surface area contributed by atoms with E-state index in [0.29, 0.717) is 36.0 Å². The lowest BCUT2D eigenvalue weighted by Crippen LogP contribution is -2.46. The molecule has 0 spiro atoms. The molecule has 3 N–H and O–H groups in total. The van der Waals surface area contributed by atoms with Crippen molar-refractivity contribution in [2.75, 3.05) is 55.5 Å². The minimum absolute atomic E-state index is 0.141. The van der Waals surface area contributed by atoms with Gasteiger partial charge in [-0.1, -0.05) is 78.3 Å². The summed E-state index contributed by atoms with van der Waals surface area (Å²) in [6.07, 6.45) is 0.593. The SMILES string of the molecule is O=C(NS(=O)(=O)c1ccc(N[C@H](CCNCc2cccc3c2OCO3)CSc2ccccc2)c([N+](=O)[O-])c1)c1ccc(N2CCN(Cc3ccccc3-c3ccc(Cl)cc3)CC2)cc1. The summed E-state index contributed by atoms with van der Waals surface area (Å²) < 4.78 is 40.3. The van der Waals surface area contributed by atoms with Gasteiger partial charge in [-0.25, -0.2) is 13.1 Å². The van der Waals surface area contributed by atoms with Gasteiger partial charge in [0.05, 0.1) is 9.82 Å². The summed E-state index contributed by atoms with van der Waals surface area (Å²) in [5, 5.41) is 19.8. The van der Waals surface area contributed by atoms with Gasteiger partial charge in [0.25, 0.3) is 21.6 Å². The number of nitrogens with zero attached hydrogens (tertiary/aromatic N) is 3. The van der Waals surface area contributed by atoms with Crippen LogP contribution in [0.25, 0.3) is 11.1 Å². The highest BCUT2D eigenvalue weighted by atomic mass is 35.5. The lowest BCUT2D eigenvalue weighted by molar-refractivity contribution is -0.384. The third kappa shape index (κ3) is 11.2. The lowest BCUT2D eigenvalue weighted by atomic mass is 9.99. The summed E-state index contributed by atoms with van der Waals surface area (Å²) in [6.45, 7) is 5.32. The van der Waals surface area contributed by atoms with Gasteiger partial charge < -0.3 is 25.0 Å². The van der Waals surface area contributed by atoms with Crippen LogP contribution in [-0.2, 0) is 23.1 Å². The standard InChI is InChI=1S/C48H47ClN6O7S2/c49-38-17-13-34(14-18-38)43-11-5-4-7-37(43)31-53-25-27-54(28-26-53)40-19-15-35(16-20-40)48(56)52-64(59,60)42-21-22-44(45(29-42)55(57)58)51-39(32-63-41-9-2-1-3-10-41)23-24-50-30-36-8-6-12-46-47(36)62-33-61-46/h1-22,29,39,50-51H,23-28,30-33H2,(H,52,56)/t39-/m1/s1. The van der Waals surface area contributed by atoms with Crippen LogP contribution in [0.4, 0.5) is 17.1 Å². The number of para-hydroxylation sites is 1. The second kappa shape index (κ2) is 20.6. The minimum Gasteiger partial charge on any atom is -0.454 e. The predicted octanol–water partition coefficient (Wildman–Crippen LogP) is 8.84. The molecule has 0 aliphatic carbocycles. The third-order valence-electron chi connectivity index (χ3n) is 11.2. The first-order valence-electron chi connectivity index (χ1n) is 20.9. The fraction of sp³-hybridized carbons (Fsp3) is 0.229. The highest BCUT2D eigenvalue weighted by Gasteiger charge is 2.26. The fourth-order valence-corrected chi connectivity index (χ4v) is 9.86. The Morgan fingerprint density at radius 1 is 0.828 bits per heavy atom. The largest absolute Gasteiger partial charge is 0.454 e. The van der Waals surface area contributed by atoms with Crippen LogP contribution in [0.3, 0.4) is 0 Å². The van der Waals surface area contributed by atoms with E-state index in [-0.39, 0.29) is 24.1 Å². The molecule has 0 radical (unpaired) electrons. The number of sulfonamides is 1. The van der Waals surface area contributed by atoms with E-state index in [9.17, 15) is 23.3 Å². The van der Waals surface area contributed by atoms with Crippen LogP contribution in [0.5, 0.6) is 11.5 Å². The van der Waals surface area contributed by atoms with Gasteiger partial charge in [-0.15, -0.1) is 11.8 Å². The Balaban J connectivity index is 0.873. The Morgan fingerprint density at radius 3 is 2.33 bits per heavy atom. The van der Waals surface area contributed by atoms with E-state index >= 15 is 0 Å². The molecule has 0 bridgehead atoms. The van der Waals surface area contributed by atoms with Crippen molar-refractivity contribution in [2.45, 2.75) is 35.3 Å². The Bertz CT molecular complexity index is 2690. The molecule has 1 fully saturated rings. The Hall–Kier alpha value is -6.10. The zero-order valence-electron chi connectivity index (χ0n) is 34.8. The smallest absolute Gasteiger partial charge is 0.293 e. The summed E-state index contributed by atoms with van der Waals surface area (Å²) >= 11 is 7.74. The highest BCUT2D eigenvalue weighted by molar-refractivity contribution is 7.99. The highest BCUT2D eigenvalue weighted by Crippen LogP contribution is 2.35. The normalized spacial score (nSPS) is 14.2. The van der Waals surface area contributed by atoms with Crippen molar-refractivity contribution >= 4 is 56.4 Å². The van der Waals surface area contributed by atoms with Gasteiger partial charge in [0.15, 0.2) is 11.5 Å². The topological polar surface area (TPSA) is 155 Å². The maximum Gasteiger partial charge on any atom is 0.293 e. The molecule has 64 heavy (non-hydrogen) atoms. The van der Waals surface area contributed by atoms with Gasteiger partial charge >= 0.3 is 0 Å². The van der Waals surface area contributed by atoms with Gasteiger partial charge in [-0.2, -0.15) is 0 Å². The quantitative estimate of drug-likeness (QED) is 0.0327. The van der Waals surface area contributed by atoms with Gasteiger partial charge in [-0.3, -0.25) is 19.8 Å². The summed E-state index contributed by atoms with van der Waals surface area (Å²) in [5.41, 5.74) is 5.30. The molecule has 16 heteroatoms. The molecular weight excluding hydrogens is 872 g/mol. The van der Waals surface area contributed by atoms with Crippen LogP contribution in [0, 0.1) is 10.1 Å². The number of anilines is 2. The number of ether oxygens (including phenoxy) is 2. The van der Waals surface area contributed by atoms with E-state index in [1.165, 1.54) is 23.3 Å². The molecule has 1 atom stereocenters. The number of benzene rings is 6. The van der Waals surface area contributed by atoms with Crippen LogP contribution in [0.1, 0.15) is 27.9 Å². The average Bonchev–Trinajstić information content (AvgIpc) is 3.81. The molecule has 1 saturated heterocycles. The first kappa shape index (κ1) is 44.5. The molecule has 13 nitrogen and oxygen atoms in total. The number of nitro benzene ring substituents is 1. The number of rotatable bonds is 18. The van der Waals surface area contributed by atoms with Crippen molar-refractivity contribution in [2.24, 2.45) is 0 Å². The van der Waals surface area contributed by atoms with Gasteiger partial charge in [0, 0.05) is 83.9 Å². The molecule has 6 aromatic carbocycles. The van der Waals surface area contributed by atoms with Gasteiger partial charge in [0.2, 0.25) is 6.79 Å². The first-order valence-corrected chi connectivity index (χ1v) is 23.7. The molecule has 2 aliphatic heterocycles. The molecule has 8 rings (SSSR count). The Labute approximate surface area is 381 Å². The summed E-state index contributed by atoms with van der Waals surface area (Å²) in [6, 6.07) is 42.0. The van der Waals surface area contributed by atoms with Crippen molar-refractivity contribution in [3.63, 3.8) is 0 Å². The average molecular weight is 920 g/mol. The second-order valence-corrected chi connectivity index (χ2v) is 18.6. The number of nitro groups is 1. The van der Waals surface area contributed by atoms with Crippen molar-refractivity contribution in [3.8, 4) is 22.6 Å². The Morgan fingerprint density at radius 2 is 1.56 bits per heavy atom. The molecule has 2 heterocycles. The monoisotopic (exact) mass is 918 g/mol. The number of nitrogens with one attached hydrogen (secondary N) is 3. The summed E-state index contributed by atoms with van der Waals surface area (Å²) in [5.74, 6) is 1.16. The zero-order valence-corrected chi connectivity index (χ0v) is 37.2. The molecule has 6 aromatic rings. The number of carbonyl (C=O) groups excluding carboxylic acids is 1. The van der Waals surface area contributed by atoms with Crippen molar-refractivity contribution in [1.82, 2.24) is 14.9 Å². The van der Waals surface area contributed by atoms with Gasteiger partial charge in [0.1, 0.15) is 5.69 Å². The maximum atomic E-state index is 13.5. The number of amides is 1. The minimum atomic E-state index is -4.48. The van der Waals surface area contributed by atoms with E-state index in [1.54, 1.807) is 36.0 Å². The van der Waals surface area contributed by atoms with Crippen LogP contribution < -0.4 is 29.7 Å². The fourth-order valence-electron chi connectivity index (χ4n) is 7.75. The first-order chi connectivity index (χ1) is 31.1. The van der Waals surface area contributed by atoms with Crippen molar-refractivity contribution in [3.05, 3.63) is 171 Å². The van der Waals surface area contributed by atoms with Crippen LogP contribution in [0.15, 0.2) is 149 Å². The van der Waals surface area contributed by atoms with E-state index in [0.717, 1.165) is 66.2 Å². The number of fused-ring (bicyclic) bond motifs is 1. The number of hydrogen-bond donors (Lipinski definition) is 3. The zero-order chi connectivity index (χ0) is 44.5. The summed E-state index contributed by atoms with van der Waals surface area (Å²) in [7, 11) is -4.48. The number of carbonyl (C=O) groups is 1. The number of thioether (sulfide) groups is 1. The molecule has 2 aliphatic rings. The van der Waals surface area contributed by atoms with Crippen LogP contribution in [0.2, 0.25) is 5.02 Å². The van der Waals surface area contributed by atoms with Crippen LogP contribution in [-0.4, -0.2) is 75.5 Å². The molecule has 330 valence electrons. The van der Waals surface area contributed by atoms with Crippen LogP contribution >= 0.6 is 23.4 Å². The number of halogens is 1. The number of hydrogen-bond acceptors (Lipinski definition) is 12. The maximum absolute atomic E-state index is 13.5. The van der Waals surface area contributed by atoms with E-state index in [4.69, 9.17) is 21.1 Å². The molecular formula is C48H47ClN6O7S2. The van der Waals surface area contributed by atoms with E-state index in [1.807, 2.05) is 78.9 Å². The summed E-state index contributed by atoms with van der Waals surface area (Å²) in [4.78, 5) is 30.3. The molecule has 0 saturated carbocycles. The van der Waals surface area contributed by atoms with E-state index in [2.05, 4.69) is 43.4 Å². The predicted molar refractivity (Wildman–Crippen MR) is 252 cm³/mol. The second-order valence-electron chi connectivity index (χ2n) is 15.4. The molecule has 1 amide bonds. The Kier molecular flexibility index (Phi) is 14.3. The van der Waals surface area contributed by atoms with Crippen molar-refractivity contribution in [1.29, 1.82) is 0 Å². The van der Waals surface area contributed by atoms with E-state index < -0.39 is 31.4 Å². The molecule has 0 unspecified atom stereocenters.